The molecule has 6 nitrogen and oxygen atoms in total. The van der Waals surface area contributed by atoms with E-state index < -0.39 is 5.41 Å². The van der Waals surface area contributed by atoms with E-state index in [9.17, 15) is 15.0 Å². The molecular formula is C19H18O6. The van der Waals surface area contributed by atoms with Crippen molar-refractivity contribution in [3.63, 3.8) is 0 Å². The van der Waals surface area contributed by atoms with Crippen LogP contribution in [0.1, 0.15) is 26.3 Å². The third-order valence-corrected chi connectivity index (χ3v) is 5.16. The van der Waals surface area contributed by atoms with Gasteiger partial charge in [-0.2, -0.15) is 0 Å². The second-order valence-electron chi connectivity index (χ2n) is 6.88. The number of fused-ring (bicyclic) bond motifs is 4. The number of rotatable bonds is 1. The minimum atomic E-state index is -0.422. The highest BCUT2D eigenvalue weighted by molar-refractivity contribution is 5.98. The van der Waals surface area contributed by atoms with Gasteiger partial charge < -0.3 is 24.1 Å². The maximum atomic E-state index is 13.0. The van der Waals surface area contributed by atoms with E-state index in [2.05, 4.69) is 0 Å². The third-order valence-electron chi connectivity index (χ3n) is 5.16. The van der Waals surface area contributed by atoms with E-state index in [1.165, 1.54) is 25.3 Å². The zero-order valence-corrected chi connectivity index (χ0v) is 14.3. The van der Waals surface area contributed by atoms with E-state index in [0.717, 1.165) is 5.56 Å². The van der Waals surface area contributed by atoms with Crippen LogP contribution in [0.2, 0.25) is 0 Å². The van der Waals surface area contributed by atoms with Crippen LogP contribution in [-0.2, 0) is 5.41 Å². The van der Waals surface area contributed by atoms with Crippen LogP contribution in [0.5, 0.6) is 23.0 Å². The van der Waals surface area contributed by atoms with Crippen molar-refractivity contribution in [1.82, 2.24) is 0 Å². The molecule has 0 fully saturated rings. The molecule has 2 heterocycles. The van der Waals surface area contributed by atoms with Crippen molar-refractivity contribution in [3.05, 3.63) is 34.0 Å². The Labute approximate surface area is 143 Å². The predicted octanol–water partition coefficient (Wildman–Crippen LogP) is 3.42. The zero-order chi connectivity index (χ0) is 18.1. The van der Waals surface area contributed by atoms with Crippen molar-refractivity contribution in [3.8, 4) is 23.0 Å². The number of phenols is 2. The molecule has 0 amide bonds. The molecule has 2 aromatic carbocycles. The van der Waals surface area contributed by atoms with Crippen molar-refractivity contribution >= 4 is 21.9 Å². The molecule has 3 aromatic rings. The lowest BCUT2D eigenvalue weighted by molar-refractivity contribution is 0.185. The summed E-state index contributed by atoms with van der Waals surface area (Å²) in [6.45, 7) is 5.90. The molecule has 130 valence electrons. The van der Waals surface area contributed by atoms with Gasteiger partial charge in [0.2, 0.25) is 11.2 Å². The zero-order valence-electron chi connectivity index (χ0n) is 14.3. The Bertz CT molecular complexity index is 1090. The maximum absolute atomic E-state index is 13.0. The molecule has 1 atom stereocenters. The molecule has 1 aliphatic heterocycles. The van der Waals surface area contributed by atoms with Crippen molar-refractivity contribution in [1.29, 1.82) is 0 Å². The first kappa shape index (κ1) is 15.6. The normalized spacial score (nSPS) is 18.3. The molecule has 0 radical (unpaired) electrons. The van der Waals surface area contributed by atoms with Crippen molar-refractivity contribution in [2.24, 2.45) is 0 Å². The van der Waals surface area contributed by atoms with E-state index in [4.69, 9.17) is 13.9 Å². The summed E-state index contributed by atoms with van der Waals surface area (Å²) in [4.78, 5) is 13.0. The molecule has 0 saturated carbocycles. The number of aromatic hydroxyl groups is 2. The van der Waals surface area contributed by atoms with Gasteiger partial charge >= 0.3 is 0 Å². The maximum Gasteiger partial charge on any atom is 0.204 e. The Kier molecular flexibility index (Phi) is 3.01. The van der Waals surface area contributed by atoms with Crippen LogP contribution in [0.4, 0.5) is 0 Å². The molecule has 1 aromatic heterocycles. The van der Waals surface area contributed by atoms with E-state index >= 15 is 0 Å². The van der Waals surface area contributed by atoms with Gasteiger partial charge in [-0.3, -0.25) is 4.79 Å². The fourth-order valence-corrected chi connectivity index (χ4v) is 3.45. The molecule has 0 bridgehead atoms. The SMILES string of the molecule is COc1c(O)ccc2c(=O)c3c(O)cc4c(c3oc12)C(C)(C)C(C)O4. The van der Waals surface area contributed by atoms with Crippen LogP contribution < -0.4 is 14.9 Å². The molecule has 0 aliphatic carbocycles. The molecule has 1 unspecified atom stereocenters. The summed E-state index contributed by atoms with van der Waals surface area (Å²) in [5, 5.41) is 20.7. The van der Waals surface area contributed by atoms with Crippen LogP contribution in [0, 0.1) is 0 Å². The largest absolute Gasteiger partial charge is 0.507 e. The van der Waals surface area contributed by atoms with Crippen LogP contribution in [0.3, 0.4) is 0 Å². The van der Waals surface area contributed by atoms with Gasteiger partial charge in [0.1, 0.15) is 28.6 Å². The number of hydrogen-bond donors (Lipinski definition) is 2. The number of benzene rings is 2. The fraction of sp³-hybridized carbons (Fsp3) is 0.316. The summed E-state index contributed by atoms with van der Waals surface area (Å²) in [7, 11) is 1.39. The van der Waals surface area contributed by atoms with Crippen molar-refractivity contribution in [2.45, 2.75) is 32.3 Å². The first-order valence-electron chi connectivity index (χ1n) is 7.97. The summed E-state index contributed by atoms with van der Waals surface area (Å²) in [5.74, 6) is 0.252. The Morgan fingerprint density at radius 1 is 1.16 bits per heavy atom. The molecule has 25 heavy (non-hydrogen) atoms. The average molecular weight is 342 g/mol. The first-order valence-corrected chi connectivity index (χ1v) is 7.97. The molecule has 4 rings (SSSR count). The first-order chi connectivity index (χ1) is 11.8. The minimum Gasteiger partial charge on any atom is -0.507 e. The lowest BCUT2D eigenvalue weighted by atomic mass is 9.81. The highest BCUT2D eigenvalue weighted by atomic mass is 16.5. The van der Waals surface area contributed by atoms with Gasteiger partial charge in [0, 0.05) is 17.0 Å². The predicted molar refractivity (Wildman–Crippen MR) is 93.0 cm³/mol. The summed E-state index contributed by atoms with van der Waals surface area (Å²) < 4.78 is 17.1. The average Bonchev–Trinajstić information content (AvgIpc) is 2.76. The quantitative estimate of drug-likeness (QED) is 0.659. The smallest absolute Gasteiger partial charge is 0.204 e. The topological polar surface area (TPSA) is 89.1 Å². The summed E-state index contributed by atoms with van der Waals surface area (Å²) in [5.41, 5.74) is 0.311. The third kappa shape index (κ3) is 1.88. The fourth-order valence-electron chi connectivity index (χ4n) is 3.45. The molecule has 2 N–H and O–H groups in total. The van der Waals surface area contributed by atoms with E-state index in [0.29, 0.717) is 5.75 Å². The molecule has 1 aliphatic rings. The van der Waals surface area contributed by atoms with Gasteiger partial charge in [-0.05, 0) is 19.1 Å². The minimum absolute atomic E-state index is 0.0818. The number of hydrogen-bond acceptors (Lipinski definition) is 6. The van der Waals surface area contributed by atoms with E-state index in [-0.39, 0.29) is 50.7 Å². The summed E-state index contributed by atoms with van der Waals surface area (Å²) in [6, 6.07) is 4.28. The lowest BCUT2D eigenvalue weighted by Gasteiger charge is -2.22. The Morgan fingerprint density at radius 2 is 1.88 bits per heavy atom. The highest BCUT2D eigenvalue weighted by Gasteiger charge is 2.42. The standard InChI is InChI=1S/C19H18O6/c1-8-19(2,3)14-12(24-8)7-11(21)13-15(22)9-5-6-10(20)17(23-4)16(9)25-18(13)14/h5-8,20-21H,1-4H3. The van der Waals surface area contributed by atoms with Crippen molar-refractivity contribution in [2.75, 3.05) is 7.11 Å². The van der Waals surface area contributed by atoms with Gasteiger partial charge in [0.15, 0.2) is 11.3 Å². The highest BCUT2D eigenvalue weighted by Crippen LogP contribution is 2.49. The van der Waals surface area contributed by atoms with E-state index in [1.54, 1.807) is 0 Å². The second-order valence-corrected chi connectivity index (χ2v) is 6.88. The molecule has 6 heteroatoms. The second kappa shape index (κ2) is 4.81. The summed E-state index contributed by atoms with van der Waals surface area (Å²) >= 11 is 0. The number of ether oxygens (including phenoxy) is 2. The Morgan fingerprint density at radius 3 is 2.56 bits per heavy atom. The van der Waals surface area contributed by atoms with Crippen molar-refractivity contribution < 1.29 is 24.1 Å². The van der Waals surface area contributed by atoms with Crippen LogP contribution in [0.25, 0.3) is 21.9 Å². The molecular weight excluding hydrogens is 324 g/mol. The molecule has 0 saturated heterocycles. The Hall–Kier alpha value is -2.89. The molecule has 0 spiro atoms. The van der Waals surface area contributed by atoms with Gasteiger partial charge in [-0.15, -0.1) is 0 Å². The number of phenolic OH excluding ortho intramolecular Hbond substituents is 2. The lowest BCUT2D eigenvalue weighted by Crippen LogP contribution is -2.29. The van der Waals surface area contributed by atoms with Crippen LogP contribution in [-0.4, -0.2) is 23.4 Å². The van der Waals surface area contributed by atoms with Crippen LogP contribution in [0.15, 0.2) is 27.4 Å². The Balaban J connectivity index is 2.27. The van der Waals surface area contributed by atoms with Gasteiger partial charge in [0.05, 0.1) is 12.5 Å². The monoisotopic (exact) mass is 342 g/mol. The van der Waals surface area contributed by atoms with Crippen LogP contribution >= 0.6 is 0 Å². The van der Waals surface area contributed by atoms with Gasteiger partial charge in [-0.25, -0.2) is 0 Å². The summed E-state index contributed by atoms with van der Waals surface area (Å²) in [6.07, 6.45) is -0.153. The van der Waals surface area contributed by atoms with Gasteiger partial charge in [0.25, 0.3) is 0 Å². The van der Waals surface area contributed by atoms with Gasteiger partial charge in [-0.1, -0.05) is 13.8 Å². The number of methoxy groups -OCH3 is 1. The van der Waals surface area contributed by atoms with E-state index in [1.807, 2.05) is 20.8 Å².